The van der Waals surface area contributed by atoms with Crippen molar-refractivity contribution >= 4 is 5.97 Å². The third-order valence-corrected chi connectivity index (χ3v) is 2.65. The normalized spacial score (nSPS) is 10.3. The lowest BCUT2D eigenvalue weighted by Crippen LogP contribution is -2.05. The van der Waals surface area contributed by atoms with Crippen molar-refractivity contribution in [2.24, 2.45) is 0 Å². The van der Waals surface area contributed by atoms with Gasteiger partial charge in [0.25, 0.3) is 0 Å². The van der Waals surface area contributed by atoms with Gasteiger partial charge >= 0.3 is 5.97 Å². The number of hydrogen-bond donors (Lipinski definition) is 1. The summed E-state index contributed by atoms with van der Waals surface area (Å²) in [4.78, 5) is 11.5. The van der Waals surface area contributed by atoms with Gasteiger partial charge in [-0.1, -0.05) is 19.1 Å². The zero-order valence-electron chi connectivity index (χ0n) is 10.3. The van der Waals surface area contributed by atoms with Crippen LogP contribution in [0.4, 0.5) is 0 Å². The molecule has 0 radical (unpaired) electrons. The van der Waals surface area contributed by atoms with Gasteiger partial charge in [-0.15, -0.1) is 0 Å². The molecule has 0 spiro atoms. The largest absolute Gasteiger partial charge is 0.506 e. The summed E-state index contributed by atoms with van der Waals surface area (Å²) in [6, 6.07) is 8.51. The second-order valence-corrected chi connectivity index (χ2v) is 3.77. The van der Waals surface area contributed by atoms with Gasteiger partial charge in [-0.25, -0.2) is 9.48 Å². The van der Waals surface area contributed by atoms with Gasteiger partial charge in [-0.2, -0.15) is 5.10 Å². The van der Waals surface area contributed by atoms with Crippen LogP contribution in [0, 0.1) is 0 Å². The first kappa shape index (κ1) is 12.2. The number of rotatable bonds is 3. The monoisotopic (exact) mass is 246 g/mol. The van der Waals surface area contributed by atoms with Crippen molar-refractivity contribution in [3.8, 4) is 11.4 Å². The maximum Gasteiger partial charge on any atom is 0.358 e. The van der Waals surface area contributed by atoms with Crippen molar-refractivity contribution in [3.63, 3.8) is 0 Å². The number of esters is 1. The van der Waals surface area contributed by atoms with Crippen LogP contribution in [-0.2, 0) is 11.2 Å². The second-order valence-electron chi connectivity index (χ2n) is 3.77. The van der Waals surface area contributed by atoms with Crippen LogP contribution < -0.4 is 0 Å². The molecule has 0 atom stereocenters. The van der Waals surface area contributed by atoms with E-state index >= 15 is 0 Å². The Hall–Kier alpha value is -2.30. The summed E-state index contributed by atoms with van der Waals surface area (Å²) in [5.41, 5.74) is 1.61. The Balaban J connectivity index is 2.54. The number of carbonyl (C=O) groups is 1. The molecular weight excluding hydrogens is 232 g/mol. The summed E-state index contributed by atoms with van der Waals surface area (Å²) in [6.07, 6.45) is 0.693. The molecular formula is C13H14N2O3. The number of carbonyl (C=O) groups excluding carboxylic acids is 1. The number of ether oxygens (including phenoxy) is 1. The Morgan fingerprint density at radius 3 is 2.78 bits per heavy atom. The molecule has 94 valence electrons. The Morgan fingerprint density at radius 1 is 1.44 bits per heavy atom. The number of hydrogen-bond acceptors (Lipinski definition) is 4. The molecule has 0 unspecified atom stereocenters. The van der Waals surface area contributed by atoms with Crippen LogP contribution in [0.15, 0.2) is 30.3 Å². The van der Waals surface area contributed by atoms with Crippen molar-refractivity contribution in [1.82, 2.24) is 9.78 Å². The molecule has 2 aromatic rings. The number of aromatic nitrogens is 2. The van der Waals surface area contributed by atoms with E-state index in [4.69, 9.17) is 0 Å². The number of benzene rings is 1. The number of methoxy groups -OCH3 is 1. The van der Waals surface area contributed by atoms with Crippen LogP contribution in [-0.4, -0.2) is 28.0 Å². The maximum absolute atomic E-state index is 11.5. The van der Waals surface area contributed by atoms with Crippen LogP contribution in [0.3, 0.4) is 0 Å². The smallest absolute Gasteiger partial charge is 0.358 e. The number of aryl methyl sites for hydroxylation is 1. The molecule has 0 saturated carbocycles. The van der Waals surface area contributed by atoms with Crippen molar-refractivity contribution in [3.05, 3.63) is 41.7 Å². The molecule has 0 fully saturated rings. The highest BCUT2D eigenvalue weighted by Crippen LogP contribution is 2.22. The van der Waals surface area contributed by atoms with E-state index in [1.54, 1.807) is 35.0 Å². The summed E-state index contributed by atoms with van der Waals surface area (Å²) in [5.74, 6) is -0.370. The van der Waals surface area contributed by atoms with E-state index in [9.17, 15) is 9.90 Å². The Labute approximate surface area is 105 Å². The zero-order chi connectivity index (χ0) is 13.1. The molecule has 5 heteroatoms. The number of para-hydroxylation sites is 2. The average Bonchev–Trinajstić information content (AvgIpc) is 2.82. The molecule has 0 saturated heterocycles. The van der Waals surface area contributed by atoms with Crippen LogP contribution in [0.1, 0.15) is 23.1 Å². The Bertz CT molecular complexity index is 575. The molecule has 1 heterocycles. The standard InChI is InChI=1S/C13H14N2O3/c1-3-9-8-10(13(17)18-2)14-15(9)11-6-4-5-7-12(11)16/h4-8,16H,3H2,1-2H3. The van der Waals surface area contributed by atoms with Crippen molar-refractivity contribution in [2.45, 2.75) is 13.3 Å². The zero-order valence-corrected chi connectivity index (χ0v) is 10.3. The third-order valence-electron chi connectivity index (χ3n) is 2.65. The van der Waals surface area contributed by atoms with E-state index in [2.05, 4.69) is 9.84 Å². The van der Waals surface area contributed by atoms with Gasteiger partial charge < -0.3 is 9.84 Å². The highest BCUT2D eigenvalue weighted by atomic mass is 16.5. The van der Waals surface area contributed by atoms with E-state index < -0.39 is 5.97 Å². The van der Waals surface area contributed by atoms with Gasteiger partial charge in [-0.05, 0) is 24.6 Å². The number of aromatic hydroxyl groups is 1. The third kappa shape index (κ3) is 2.07. The van der Waals surface area contributed by atoms with Gasteiger partial charge in [0.1, 0.15) is 11.4 Å². The summed E-state index contributed by atoms with van der Waals surface area (Å²) in [5, 5.41) is 14.0. The first-order chi connectivity index (χ1) is 8.67. The summed E-state index contributed by atoms with van der Waals surface area (Å²) >= 11 is 0. The molecule has 0 aliphatic heterocycles. The average molecular weight is 246 g/mol. The van der Waals surface area contributed by atoms with Gasteiger partial charge in [0.15, 0.2) is 5.69 Å². The summed E-state index contributed by atoms with van der Waals surface area (Å²) < 4.78 is 6.20. The number of nitrogens with zero attached hydrogens (tertiary/aromatic N) is 2. The molecule has 0 amide bonds. The fourth-order valence-electron chi connectivity index (χ4n) is 1.73. The summed E-state index contributed by atoms with van der Waals surface area (Å²) in [7, 11) is 1.31. The predicted molar refractivity (Wildman–Crippen MR) is 65.9 cm³/mol. The molecule has 5 nitrogen and oxygen atoms in total. The highest BCUT2D eigenvalue weighted by molar-refractivity contribution is 5.87. The molecule has 1 aromatic carbocycles. The van der Waals surface area contributed by atoms with E-state index in [0.717, 1.165) is 5.69 Å². The van der Waals surface area contributed by atoms with Crippen LogP contribution >= 0.6 is 0 Å². The Morgan fingerprint density at radius 2 is 2.17 bits per heavy atom. The lowest BCUT2D eigenvalue weighted by molar-refractivity contribution is 0.0593. The molecule has 1 aromatic heterocycles. The van der Waals surface area contributed by atoms with Crippen molar-refractivity contribution in [2.75, 3.05) is 7.11 Å². The fourth-order valence-corrected chi connectivity index (χ4v) is 1.73. The fraction of sp³-hybridized carbons (Fsp3) is 0.231. The van der Waals surface area contributed by atoms with E-state index in [0.29, 0.717) is 12.1 Å². The summed E-state index contributed by atoms with van der Waals surface area (Å²) in [6.45, 7) is 1.95. The molecule has 2 rings (SSSR count). The van der Waals surface area contributed by atoms with Crippen LogP contribution in [0.25, 0.3) is 5.69 Å². The minimum absolute atomic E-state index is 0.117. The van der Waals surface area contributed by atoms with Gasteiger partial charge in [-0.3, -0.25) is 0 Å². The van der Waals surface area contributed by atoms with Gasteiger partial charge in [0, 0.05) is 5.69 Å². The number of phenols is 1. The molecule has 0 aliphatic rings. The highest BCUT2D eigenvalue weighted by Gasteiger charge is 2.16. The molecule has 1 N–H and O–H groups in total. The topological polar surface area (TPSA) is 64.3 Å². The van der Waals surface area contributed by atoms with Crippen LogP contribution in [0.5, 0.6) is 5.75 Å². The first-order valence-corrected chi connectivity index (χ1v) is 5.63. The van der Waals surface area contributed by atoms with Crippen molar-refractivity contribution in [1.29, 1.82) is 0 Å². The van der Waals surface area contributed by atoms with Crippen LogP contribution in [0.2, 0.25) is 0 Å². The van der Waals surface area contributed by atoms with Gasteiger partial charge in [0.2, 0.25) is 0 Å². The van der Waals surface area contributed by atoms with E-state index in [1.165, 1.54) is 7.11 Å². The van der Waals surface area contributed by atoms with E-state index in [1.807, 2.05) is 6.92 Å². The SMILES string of the molecule is CCc1cc(C(=O)OC)nn1-c1ccccc1O. The quantitative estimate of drug-likeness (QED) is 0.840. The first-order valence-electron chi connectivity index (χ1n) is 5.63. The second kappa shape index (κ2) is 4.91. The maximum atomic E-state index is 11.5. The predicted octanol–water partition coefficient (Wildman–Crippen LogP) is 1.93. The number of phenolic OH excluding ortho intramolecular Hbond substituents is 1. The minimum atomic E-state index is -0.487. The van der Waals surface area contributed by atoms with Gasteiger partial charge in [0.05, 0.1) is 7.11 Å². The van der Waals surface area contributed by atoms with E-state index in [-0.39, 0.29) is 11.4 Å². The molecule has 0 aliphatic carbocycles. The lowest BCUT2D eigenvalue weighted by Gasteiger charge is -2.07. The molecule has 0 bridgehead atoms. The lowest BCUT2D eigenvalue weighted by atomic mass is 10.2. The Kier molecular flexibility index (Phi) is 3.32. The van der Waals surface area contributed by atoms with Crippen molar-refractivity contribution < 1.29 is 14.6 Å². The molecule has 18 heavy (non-hydrogen) atoms. The minimum Gasteiger partial charge on any atom is -0.506 e.